The highest BCUT2D eigenvalue weighted by atomic mass is 15.3. The van der Waals surface area contributed by atoms with E-state index in [1.807, 2.05) is 43.3 Å². The zero-order valence-electron chi connectivity index (χ0n) is 15.5. The number of aromatic nitrogens is 2. The second kappa shape index (κ2) is 6.78. The molecule has 0 aliphatic carbocycles. The van der Waals surface area contributed by atoms with Crippen molar-refractivity contribution < 1.29 is 0 Å². The Bertz CT molecular complexity index is 1220. The molecule has 1 aliphatic heterocycles. The molecule has 4 aromatic rings. The van der Waals surface area contributed by atoms with E-state index in [2.05, 4.69) is 50.8 Å². The van der Waals surface area contributed by atoms with Crippen molar-refractivity contribution in [1.82, 2.24) is 15.4 Å². The number of nitrogens with zero attached hydrogens (tertiary/aromatic N) is 3. The summed E-state index contributed by atoms with van der Waals surface area (Å²) in [6.45, 7) is 1.94. The van der Waals surface area contributed by atoms with Crippen molar-refractivity contribution >= 4 is 28.1 Å². The molecule has 5 nitrogen and oxygen atoms in total. The van der Waals surface area contributed by atoms with Gasteiger partial charge in [-0.1, -0.05) is 42.5 Å². The summed E-state index contributed by atoms with van der Waals surface area (Å²) in [6.07, 6.45) is 2.44. The molecule has 0 saturated heterocycles. The number of H-pyrrole nitrogens is 1. The lowest BCUT2D eigenvalue weighted by atomic mass is 10.0. The van der Waals surface area contributed by atoms with Crippen LogP contribution in [-0.4, -0.2) is 21.5 Å². The van der Waals surface area contributed by atoms with Crippen molar-refractivity contribution in [2.45, 2.75) is 13.3 Å². The molecule has 2 N–H and O–H groups in total. The fourth-order valence-electron chi connectivity index (χ4n) is 3.60. The van der Waals surface area contributed by atoms with Gasteiger partial charge in [0, 0.05) is 29.1 Å². The van der Waals surface area contributed by atoms with Gasteiger partial charge < -0.3 is 4.98 Å². The minimum atomic E-state index is 0.674. The number of aromatic amines is 1. The van der Waals surface area contributed by atoms with E-state index >= 15 is 0 Å². The average Bonchev–Trinajstić information content (AvgIpc) is 3.03. The molecule has 0 spiro atoms. The first-order valence-corrected chi connectivity index (χ1v) is 9.28. The largest absolute Gasteiger partial charge is 0.354 e. The maximum absolute atomic E-state index is 4.86. The summed E-state index contributed by atoms with van der Waals surface area (Å²) >= 11 is 0. The van der Waals surface area contributed by atoms with E-state index in [0.717, 1.165) is 39.7 Å². The smallest absolute Gasteiger partial charge is 0.127 e. The van der Waals surface area contributed by atoms with Crippen LogP contribution < -0.4 is 5.43 Å². The van der Waals surface area contributed by atoms with Gasteiger partial charge in [-0.05, 0) is 36.8 Å². The molecule has 0 unspecified atom stereocenters. The third kappa shape index (κ3) is 2.87. The van der Waals surface area contributed by atoms with Gasteiger partial charge in [0.25, 0.3) is 0 Å². The first kappa shape index (κ1) is 16.4. The molecule has 0 atom stereocenters. The number of hydrogen-bond donors (Lipinski definition) is 2. The van der Waals surface area contributed by atoms with E-state index in [9.17, 15) is 0 Å². The first-order valence-electron chi connectivity index (χ1n) is 9.28. The van der Waals surface area contributed by atoms with E-state index in [0.29, 0.717) is 6.42 Å². The lowest BCUT2D eigenvalue weighted by Crippen LogP contribution is -2.21. The number of para-hydroxylation sites is 2. The number of fused-ring (bicyclic) bond motifs is 5. The van der Waals surface area contributed by atoms with Crippen LogP contribution in [0.15, 0.2) is 83.0 Å². The molecule has 2 aromatic heterocycles. The Hall–Kier alpha value is -3.73. The van der Waals surface area contributed by atoms with Gasteiger partial charge in [0.05, 0.1) is 22.8 Å². The van der Waals surface area contributed by atoms with Crippen LogP contribution in [0.3, 0.4) is 0 Å². The van der Waals surface area contributed by atoms with Crippen molar-refractivity contribution in [1.29, 1.82) is 0 Å². The molecule has 0 saturated carbocycles. The van der Waals surface area contributed by atoms with Crippen molar-refractivity contribution in [3.05, 3.63) is 84.2 Å². The molecule has 0 bridgehead atoms. The SMILES string of the molecule is C/C(=N\NC1=Nc2ccccc2-c2[nH]c3ccccc3c2C1)c1ccccn1. The number of aliphatic imine (C=N–C) groups is 1. The summed E-state index contributed by atoms with van der Waals surface area (Å²) in [5.41, 5.74) is 10.4. The molecule has 136 valence electrons. The Morgan fingerprint density at radius 3 is 2.71 bits per heavy atom. The number of rotatable bonds is 2. The van der Waals surface area contributed by atoms with Crippen LogP contribution in [0.25, 0.3) is 22.2 Å². The highest BCUT2D eigenvalue weighted by molar-refractivity contribution is 6.02. The van der Waals surface area contributed by atoms with Crippen molar-refractivity contribution in [2.24, 2.45) is 10.1 Å². The first-order chi connectivity index (χ1) is 13.8. The number of hydrazone groups is 1. The molecule has 5 rings (SSSR count). The minimum Gasteiger partial charge on any atom is -0.354 e. The summed E-state index contributed by atoms with van der Waals surface area (Å²) in [4.78, 5) is 12.8. The van der Waals surface area contributed by atoms with Crippen molar-refractivity contribution in [2.75, 3.05) is 0 Å². The Kier molecular flexibility index (Phi) is 3.98. The fourth-order valence-corrected chi connectivity index (χ4v) is 3.60. The van der Waals surface area contributed by atoms with Crippen LogP contribution in [0.5, 0.6) is 0 Å². The van der Waals surface area contributed by atoms with Crippen molar-refractivity contribution in [3.63, 3.8) is 0 Å². The third-order valence-corrected chi connectivity index (χ3v) is 4.97. The van der Waals surface area contributed by atoms with Crippen LogP contribution in [0.1, 0.15) is 18.2 Å². The molecular weight excluding hydrogens is 346 g/mol. The molecule has 3 heterocycles. The number of amidine groups is 1. The minimum absolute atomic E-state index is 0.674. The maximum atomic E-state index is 4.86. The Morgan fingerprint density at radius 1 is 1.00 bits per heavy atom. The monoisotopic (exact) mass is 365 g/mol. The number of benzene rings is 2. The Labute approximate surface area is 162 Å². The predicted molar refractivity (Wildman–Crippen MR) is 114 cm³/mol. The summed E-state index contributed by atoms with van der Waals surface area (Å²) in [5, 5.41) is 5.75. The van der Waals surface area contributed by atoms with Crippen molar-refractivity contribution in [3.8, 4) is 11.3 Å². The van der Waals surface area contributed by atoms with E-state index in [1.54, 1.807) is 6.20 Å². The average molecular weight is 365 g/mol. The van der Waals surface area contributed by atoms with Crippen LogP contribution >= 0.6 is 0 Å². The second-order valence-electron chi connectivity index (χ2n) is 6.80. The summed E-state index contributed by atoms with van der Waals surface area (Å²) < 4.78 is 0. The second-order valence-corrected chi connectivity index (χ2v) is 6.80. The molecule has 28 heavy (non-hydrogen) atoms. The zero-order valence-corrected chi connectivity index (χ0v) is 15.5. The fraction of sp³-hybridized carbons (Fsp3) is 0.0870. The Balaban J connectivity index is 1.58. The lowest BCUT2D eigenvalue weighted by molar-refractivity contribution is 0.986. The van der Waals surface area contributed by atoms with Gasteiger partial charge in [-0.2, -0.15) is 5.10 Å². The van der Waals surface area contributed by atoms with Gasteiger partial charge >= 0.3 is 0 Å². The number of pyridine rings is 1. The standard InChI is InChI=1S/C23H19N5/c1-15(19-10-6-7-13-24-19)27-28-22-14-18-16-8-2-4-11-20(16)26-23(18)17-9-3-5-12-21(17)25-22/h2-13,26H,14H2,1H3,(H,25,28)/b27-15+. The van der Waals surface area contributed by atoms with E-state index in [1.165, 1.54) is 10.9 Å². The molecule has 2 aromatic carbocycles. The maximum Gasteiger partial charge on any atom is 0.127 e. The summed E-state index contributed by atoms with van der Waals surface area (Å²) in [6, 6.07) is 22.4. The quantitative estimate of drug-likeness (QED) is 0.395. The van der Waals surface area contributed by atoms with Gasteiger partial charge in [0.15, 0.2) is 0 Å². The number of nitrogens with one attached hydrogen (secondary N) is 2. The molecule has 1 aliphatic rings. The molecule has 0 fully saturated rings. The topological polar surface area (TPSA) is 65.4 Å². The van der Waals surface area contributed by atoms with Crippen LogP contribution in [-0.2, 0) is 6.42 Å². The summed E-state index contributed by atoms with van der Waals surface area (Å²) in [7, 11) is 0. The molecular formula is C23H19N5. The van der Waals surface area contributed by atoms with Gasteiger partial charge in [0.2, 0.25) is 0 Å². The van der Waals surface area contributed by atoms with Crippen LogP contribution in [0, 0.1) is 0 Å². The highest BCUT2D eigenvalue weighted by Crippen LogP contribution is 2.38. The van der Waals surface area contributed by atoms with E-state index in [-0.39, 0.29) is 0 Å². The molecule has 0 amide bonds. The van der Waals surface area contributed by atoms with Gasteiger partial charge in [-0.25, -0.2) is 4.99 Å². The highest BCUT2D eigenvalue weighted by Gasteiger charge is 2.20. The van der Waals surface area contributed by atoms with E-state index in [4.69, 9.17) is 4.99 Å². The third-order valence-electron chi connectivity index (χ3n) is 4.97. The summed E-state index contributed by atoms with van der Waals surface area (Å²) in [5.74, 6) is 0.811. The molecule has 0 radical (unpaired) electrons. The van der Waals surface area contributed by atoms with Crippen LogP contribution in [0.4, 0.5) is 5.69 Å². The normalized spacial score (nSPS) is 13.5. The zero-order chi connectivity index (χ0) is 18.9. The lowest BCUT2D eigenvalue weighted by Gasteiger charge is -2.06. The Morgan fingerprint density at radius 2 is 1.82 bits per heavy atom. The predicted octanol–water partition coefficient (Wildman–Crippen LogP) is 4.83. The van der Waals surface area contributed by atoms with E-state index < -0.39 is 0 Å². The molecule has 5 heteroatoms. The van der Waals surface area contributed by atoms with Crippen LogP contribution in [0.2, 0.25) is 0 Å². The number of hydrogen-bond acceptors (Lipinski definition) is 4. The van der Waals surface area contributed by atoms with Gasteiger partial charge in [-0.3, -0.25) is 10.4 Å². The van der Waals surface area contributed by atoms with Gasteiger partial charge in [-0.15, -0.1) is 0 Å². The van der Waals surface area contributed by atoms with Gasteiger partial charge in [0.1, 0.15) is 5.84 Å².